The maximum atomic E-state index is 6.20. The van der Waals surface area contributed by atoms with Crippen LogP contribution in [0.5, 0.6) is 0 Å². The molecule has 1 aliphatic rings. The first-order valence-electron chi connectivity index (χ1n) is 7.94. The Morgan fingerprint density at radius 1 is 1.38 bits per heavy atom. The van der Waals surface area contributed by atoms with Crippen molar-refractivity contribution in [2.24, 2.45) is 16.6 Å². The summed E-state index contributed by atoms with van der Waals surface area (Å²) in [5, 5.41) is 0.277. The van der Waals surface area contributed by atoms with Crippen LogP contribution in [0.4, 0.5) is 0 Å². The molecule has 0 spiro atoms. The summed E-state index contributed by atoms with van der Waals surface area (Å²) in [5.74, 6) is 0.394. The number of allylic oxidation sites excluding steroid dienone is 1. The molecule has 21 heavy (non-hydrogen) atoms. The van der Waals surface area contributed by atoms with Crippen molar-refractivity contribution < 1.29 is 4.43 Å². The minimum atomic E-state index is -1.62. The summed E-state index contributed by atoms with van der Waals surface area (Å²) < 4.78 is 6.20. The van der Waals surface area contributed by atoms with E-state index in [2.05, 4.69) is 57.6 Å². The average molecular weight is 312 g/mol. The largest absolute Gasteiger partial charge is 0.417 e. The lowest BCUT2D eigenvalue weighted by Gasteiger charge is -2.36. The lowest BCUT2D eigenvalue weighted by molar-refractivity contribution is 0.257. The van der Waals surface area contributed by atoms with E-state index in [1.807, 2.05) is 6.20 Å². The summed E-state index contributed by atoms with van der Waals surface area (Å²) in [6.07, 6.45) is 3.05. The Hall–Kier alpha value is -0.813. The second kappa shape index (κ2) is 6.96. The first-order chi connectivity index (χ1) is 9.54. The molecule has 0 radical (unpaired) electrons. The van der Waals surface area contributed by atoms with Crippen molar-refractivity contribution in [1.29, 1.82) is 0 Å². The minimum Gasteiger partial charge on any atom is -0.417 e. The van der Waals surface area contributed by atoms with Gasteiger partial charge in [-0.15, -0.1) is 0 Å². The molecule has 0 aliphatic carbocycles. The predicted molar refractivity (Wildman–Crippen MR) is 93.9 cm³/mol. The second-order valence-corrected chi connectivity index (χ2v) is 12.5. The second-order valence-electron chi connectivity index (χ2n) is 7.70. The van der Waals surface area contributed by atoms with Crippen LogP contribution in [0.15, 0.2) is 16.9 Å². The average Bonchev–Trinajstić information content (AvgIpc) is 2.33. The molecule has 0 bridgehead atoms. The van der Waals surface area contributed by atoms with E-state index >= 15 is 0 Å². The molecule has 4 nitrogen and oxygen atoms in total. The molecule has 0 atom stereocenters. The Balaban J connectivity index is 2.36. The summed E-state index contributed by atoms with van der Waals surface area (Å²) in [6.45, 7) is 18.2. The Labute approximate surface area is 131 Å². The van der Waals surface area contributed by atoms with Gasteiger partial charge >= 0.3 is 0 Å². The Morgan fingerprint density at radius 3 is 2.48 bits per heavy atom. The van der Waals surface area contributed by atoms with E-state index in [4.69, 9.17) is 10.2 Å². The zero-order valence-electron chi connectivity index (χ0n) is 14.9. The van der Waals surface area contributed by atoms with Crippen LogP contribution in [0.1, 0.15) is 41.0 Å². The molecule has 2 N–H and O–H groups in total. The molecule has 0 aromatic rings. The van der Waals surface area contributed by atoms with Crippen molar-refractivity contribution in [2.45, 2.75) is 59.2 Å². The molecule has 122 valence electrons. The van der Waals surface area contributed by atoms with Gasteiger partial charge in [0.1, 0.15) is 6.67 Å². The van der Waals surface area contributed by atoms with Gasteiger partial charge in [-0.2, -0.15) is 0 Å². The maximum absolute atomic E-state index is 6.20. The van der Waals surface area contributed by atoms with E-state index < -0.39 is 8.32 Å². The number of hydrogen-bond donors (Lipinski definition) is 1. The summed E-state index contributed by atoms with van der Waals surface area (Å²) in [6, 6.07) is 0. The standard InChI is InChI=1S/C16H33N3OSi/c1-13(2)15-14(17)11-19(12-18-15)9-8-10-20-21(6,7)16(3,4)5/h11,13H,8-10,12,17H2,1-7H3. The highest BCUT2D eigenvalue weighted by atomic mass is 28.4. The van der Waals surface area contributed by atoms with E-state index in [0.717, 1.165) is 31.0 Å². The Bertz CT molecular complexity index is 408. The van der Waals surface area contributed by atoms with Crippen LogP contribution < -0.4 is 5.73 Å². The number of nitrogens with two attached hydrogens (primary N) is 1. The molecule has 5 heteroatoms. The van der Waals surface area contributed by atoms with Crippen LogP contribution in [0.25, 0.3) is 0 Å². The van der Waals surface area contributed by atoms with Gasteiger partial charge in [0.2, 0.25) is 0 Å². The van der Waals surface area contributed by atoms with E-state index in [9.17, 15) is 0 Å². The van der Waals surface area contributed by atoms with Gasteiger partial charge in [0.15, 0.2) is 8.32 Å². The fraction of sp³-hybridized carbons (Fsp3) is 0.812. The predicted octanol–water partition coefficient (Wildman–Crippen LogP) is 3.57. The number of rotatable bonds is 6. The fourth-order valence-electron chi connectivity index (χ4n) is 2.02. The van der Waals surface area contributed by atoms with Crippen LogP contribution >= 0.6 is 0 Å². The van der Waals surface area contributed by atoms with Crippen molar-refractivity contribution in [2.75, 3.05) is 19.8 Å². The first kappa shape index (κ1) is 18.2. The lowest BCUT2D eigenvalue weighted by Crippen LogP contribution is -2.41. The molecular formula is C16H33N3OSi. The lowest BCUT2D eigenvalue weighted by atomic mass is 10.1. The third kappa shape index (κ3) is 5.15. The van der Waals surface area contributed by atoms with Crippen molar-refractivity contribution >= 4 is 14.0 Å². The zero-order chi connectivity index (χ0) is 16.3. The number of aliphatic imine (C=N–C) groups is 1. The van der Waals surface area contributed by atoms with Gasteiger partial charge in [-0.05, 0) is 30.5 Å². The van der Waals surface area contributed by atoms with E-state index in [-0.39, 0.29) is 5.04 Å². The van der Waals surface area contributed by atoms with Crippen molar-refractivity contribution in [3.05, 3.63) is 11.9 Å². The van der Waals surface area contributed by atoms with Gasteiger partial charge in [0, 0.05) is 19.4 Å². The van der Waals surface area contributed by atoms with Crippen molar-refractivity contribution in [3.63, 3.8) is 0 Å². The van der Waals surface area contributed by atoms with E-state index in [1.165, 1.54) is 0 Å². The van der Waals surface area contributed by atoms with Gasteiger partial charge in [0.05, 0.1) is 11.4 Å². The SMILES string of the molecule is CC(C)C1=NCN(CCCO[Si](C)(C)C(C)(C)C)C=C1N. The van der Waals surface area contributed by atoms with Crippen molar-refractivity contribution in [3.8, 4) is 0 Å². The summed E-state index contributed by atoms with van der Waals surface area (Å²) in [4.78, 5) is 6.75. The highest BCUT2D eigenvalue weighted by molar-refractivity contribution is 6.74. The summed E-state index contributed by atoms with van der Waals surface area (Å²) >= 11 is 0. The third-order valence-electron chi connectivity index (χ3n) is 4.45. The van der Waals surface area contributed by atoms with Crippen molar-refractivity contribution in [1.82, 2.24) is 4.90 Å². The fourth-order valence-corrected chi connectivity index (χ4v) is 3.11. The number of nitrogens with zero attached hydrogens (tertiary/aromatic N) is 2. The normalized spacial score (nSPS) is 17.0. The van der Waals surface area contributed by atoms with Crippen LogP contribution in [-0.2, 0) is 4.43 Å². The van der Waals surface area contributed by atoms with Crippen LogP contribution in [0.3, 0.4) is 0 Å². The molecule has 0 saturated carbocycles. The van der Waals surface area contributed by atoms with Crippen LogP contribution in [0, 0.1) is 5.92 Å². The molecule has 0 unspecified atom stereocenters. The molecule has 1 heterocycles. The van der Waals surface area contributed by atoms with E-state index in [0.29, 0.717) is 12.6 Å². The summed E-state index contributed by atoms with van der Waals surface area (Å²) in [7, 11) is -1.62. The van der Waals surface area contributed by atoms with Gasteiger partial charge in [-0.1, -0.05) is 34.6 Å². The Morgan fingerprint density at radius 2 is 2.00 bits per heavy atom. The summed E-state index contributed by atoms with van der Waals surface area (Å²) in [5.41, 5.74) is 7.90. The molecule has 0 fully saturated rings. The molecule has 1 rings (SSSR count). The van der Waals surface area contributed by atoms with Gasteiger partial charge in [0.25, 0.3) is 0 Å². The first-order valence-corrected chi connectivity index (χ1v) is 10.9. The number of hydrogen-bond acceptors (Lipinski definition) is 4. The molecule has 1 aliphatic heterocycles. The highest BCUT2D eigenvalue weighted by Crippen LogP contribution is 2.36. The van der Waals surface area contributed by atoms with Gasteiger partial charge in [-0.3, -0.25) is 4.99 Å². The third-order valence-corrected chi connectivity index (χ3v) is 8.98. The molecule has 0 saturated heterocycles. The Kier molecular flexibility index (Phi) is 6.05. The van der Waals surface area contributed by atoms with Crippen LogP contribution in [0.2, 0.25) is 18.1 Å². The molecule has 0 aromatic heterocycles. The minimum absolute atomic E-state index is 0.277. The molecule has 0 amide bonds. The molecular weight excluding hydrogens is 278 g/mol. The maximum Gasteiger partial charge on any atom is 0.191 e. The van der Waals surface area contributed by atoms with E-state index in [1.54, 1.807) is 0 Å². The smallest absolute Gasteiger partial charge is 0.191 e. The molecule has 0 aromatic carbocycles. The van der Waals surface area contributed by atoms with Gasteiger partial charge in [-0.25, -0.2) is 0 Å². The quantitative estimate of drug-likeness (QED) is 0.602. The zero-order valence-corrected chi connectivity index (χ0v) is 15.9. The topological polar surface area (TPSA) is 50.8 Å². The van der Waals surface area contributed by atoms with Gasteiger partial charge < -0.3 is 15.1 Å². The monoisotopic (exact) mass is 311 g/mol. The highest BCUT2D eigenvalue weighted by Gasteiger charge is 2.36. The van der Waals surface area contributed by atoms with Crippen LogP contribution in [-0.4, -0.2) is 38.7 Å².